The summed E-state index contributed by atoms with van der Waals surface area (Å²) >= 11 is 0. The Bertz CT molecular complexity index is 85.7. The normalized spacial score (nSPS) is 12.6. The van der Waals surface area contributed by atoms with Crippen LogP contribution in [-0.4, -0.2) is 26.5 Å². The molecule has 0 radical (unpaired) electrons. The summed E-state index contributed by atoms with van der Waals surface area (Å²) in [5.74, 6) is 0.567. The highest BCUT2D eigenvalue weighted by Crippen LogP contribution is 1.96. The molecular formula is C7H16N2O. The summed E-state index contributed by atoms with van der Waals surface area (Å²) in [4.78, 5) is 9.86. The molecule has 0 aromatic heterocycles. The Hall–Kier alpha value is -0.570. The molecule has 3 heteroatoms. The van der Waals surface area contributed by atoms with Crippen LogP contribution in [0.5, 0.6) is 0 Å². The molecule has 0 heterocycles. The van der Waals surface area contributed by atoms with Crippen molar-refractivity contribution in [3.63, 3.8) is 0 Å². The molecule has 0 rings (SSSR count). The van der Waals surface area contributed by atoms with Gasteiger partial charge in [0.15, 0.2) is 0 Å². The first-order chi connectivity index (χ1) is 4.81. The van der Waals surface area contributed by atoms with Crippen LogP contribution in [0.2, 0.25) is 0 Å². The van der Waals surface area contributed by atoms with Crippen molar-refractivity contribution in [3.05, 3.63) is 0 Å². The molecule has 0 spiro atoms. The molecule has 0 aromatic rings. The molecule has 10 heavy (non-hydrogen) atoms. The highest BCUT2D eigenvalue weighted by Gasteiger charge is 1.98. The Kier molecular flexibility index (Phi) is 6.18. The van der Waals surface area contributed by atoms with Gasteiger partial charge in [-0.3, -0.25) is 4.79 Å². The highest BCUT2D eigenvalue weighted by atomic mass is 16.1. The monoisotopic (exact) mass is 144 g/mol. The molecule has 2 N–H and O–H groups in total. The van der Waals surface area contributed by atoms with Crippen LogP contribution in [0, 0.1) is 5.92 Å². The molecule has 3 nitrogen and oxygen atoms in total. The molecule has 0 aliphatic heterocycles. The van der Waals surface area contributed by atoms with Crippen molar-refractivity contribution in [2.75, 3.05) is 20.1 Å². The topological polar surface area (TPSA) is 41.1 Å². The van der Waals surface area contributed by atoms with Gasteiger partial charge in [0.1, 0.15) is 0 Å². The molecular weight excluding hydrogens is 128 g/mol. The second-order valence-electron chi connectivity index (χ2n) is 2.52. The van der Waals surface area contributed by atoms with E-state index in [-0.39, 0.29) is 0 Å². The molecule has 0 fully saturated rings. The summed E-state index contributed by atoms with van der Waals surface area (Å²) in [6.07, 6.45) is 1.85. The van der Waals surface area contributed by atoms with Crippen LogP contribution in [0.4, 0.5) is 0 Å². The quantitative estimate of drug-likeness (QED) is 0.514. The third-order valence-electron chi connectivity index (χ3n) is 1.44. The van der Waals surface area contributed by atoms with Gasteiger partial charge >= 0.3 is 0 Å². The van der Waals surface area contributed by atoms with Crippen molar-refractivity contribution in [2.24, 2.45) is 5.92 Å². The van der Waals surface area contributed by atoms with Crippen LogP contribution < -0.4 is 10.6 Å². The van der Waals surface area contributed by atoms with Crippen LogP contribution >= 0.6 is 0 Å². The molecule has 60 valence electrons. The molecule has 1 unspecified atom stereocenters. The van der Waals surface area contributed by atoms with Crippen LogP contribution in [0.25, 0.3) is 0 Å². The van der Waals surface area contributed by atoms with Crippen LogP contribution in [0.1, 0.15) is 13.3 Å². The smallest absolute Gasteiger partial charge is 0.207 e. The maximum absolute atomic E-state index is 9.86. The summed E-state index contributed by atoms with van der Waals surface area (Å²) in [5.41, 5.74) is 0. The number of nitrogens with one attached hydrogen (secondary N) is 2. The van der Waals surface area contributed by atoms with Crippen molar-refractivity contribution in [1.82, 2.24) is 10.6 Å². The lowest BCUT2D eigenvalue weighted by atomic mass is 10.1. The number of hydrogen-bond donors (Lipinski definition) is 2. The van der Waals surface area contributed by atoms with Gasteiger partial charge in [-0.25, -0.2) is 0 Å². The van der Waals surface area contributed by atoms with E-state index < -0.39 is 0 Å². The minimum atomic E-state index is 0.567. The largest absolute Gasteiger partial charge is 0.358 e. The molecule has 0 saturated carbocycles. The van der Waals surface area contributed by atoms with E-state index in [1.54, 1.807) is 0 Å². The first kappa shape index (κ1) is 9.43. The van der Waals surface area contributed by atoms with Crippen LogP contribution in [0.15, 0.2) is 0 Å². The average molecular weight is 144 g/mol. The SMILES string of the molecule is CNCCC(C)CNC=O. The van der Waals surface area contributed by atoms with Gasteiger partial charge in [-0.15, -0.1) is 0 Å². The van der Waals surface area contributed by atoms with E-state index in [0.717, 1.165) is 25.9 Å². The molecule has 1 atom stereocenters. The Morgan fingerprint density at radius 2 is 2.30 bits per heavy atom. The fourth-order valence-electron chi connectivity index (χ4n) is 0.742. The van der Waals surface area contributed by atoms with Gasteiger partial charge in [-0.05, 0) is 25.9 Å². The summed E-state index contributed by atoms with van der Waals surface area (Å²) in [6, 6.07) is 0. The minimum Gasteiger partial charge on any atom is -0.358 e. The Morgan fingerprint density at radius 1 is 1.60 bits per heavy atom. The molecule has 0 aliphatic carbocycles. The molecule has 0 aliphatic rings. The lowest BCUT2D eigenvalue weighted by Crippen LogP contribution is -2.22. The lowest BCUT2D eigenvalue weighted by molar-refractivity contribution is -0.109. The van der Waals surface area contributed by atoms with E-state index in [9.17, 15) is 4.79 Å². The second kappa shape index (κ2) is 6.55. The highest BCUT2D eigenvalue weighted by molar-refractivity contribution is 5.45. The average Bonchev–Trinajstić information content (AvgIpc) is 1.97. The van der Waals surface area contributed by atoms with Crippen molar-refractivity contribution >= 4 is 6.41 Å². The minimum absolute atomic E-state index is 0.567. The zero-order valence-electron chi connectivity index (χ0n) is 6.68. The van der Waals surface area contributed by atoms with E-state index in [2.05, 4.69) is 17.6 Å². The number of rotatable bonds is 6. The van der Waals surface area contributed by atoms with Crippen molar-refractivity contribution in [3.8, 4) is 0 Å². The summed E-state index contributed by atoms with van der Waals surface area (Å²) < 4.78 is 0. The lowest BCUT2D eigenvalue weighted by Gasteiger charge is -2.08. The van der Waals surface area contributed by atoms with Crippen molar-refractivity contribution < 1.29 is 4.79 Å². The molecule has 1 amide bonds. The van der Waals surface area contributed by atoms with Crippen LogP contribution in [0.3, 0.4) is 0 Å². The fraction of sp³-hybridized carbons (Fsp3) is 0.857. The van der Waals surface area contributed by atoms with Crippen molar-refractivity contribution in [1.29, 1.82) is 0 Å². The van der Waals surface area contributed by atoms with Gasteiger partial charge in [0, 0.05) is 6.54 Å². The standard InChI is InChI=1S/C7H16N2O/c1-7(3-4-8-2)5-9-6-10/h6-8H,3-5H2,1-2H3,(H,9,10). The van der Waals surface area contributed by atoms with Gasteiger partial charge in [0.05, 0.1) is 0 Å². The Labute approximate surface area is 62.2 Å². The van der Waals surface area contributed by atoms with E-state index in [4.69, 9.17) is 0 Å². The van der Waals surface area contributed by atoms with E-state index >= 15 is 0 Å². The second-order valence-corrected chi connectivity index (χ2v) is 2.52. The zero-order chi connectivity index (χ0) is 7.82. The van der Waals surface area contributed by atoms with Gasteiger partial charge in [0.25, 0.3) is 0 Å². The maximum atomic E-state index is 9.86. The predicted molar refractivity (Wildman–Crippen MR) is 41.8 cm³/mol. The number of carbonyl (C=O) groups is 1. The number of hydrogen-bond acceptors (Lipinski definition) is 2. The van der Waals surface area contributed by atoms with Crippen LogP contribution in [-0.2, 0) is 4.79 Å². The van der Waals surface area contributed by atoms with E-state index in [1.165, 1.54) is 0 Å². The number of carbonyl (C=O) groups excluding carboxylic acids is 1. The fourth-order valence-corrected chi connectivity index (χ4v) is 0.742. The number of amides is 1. The molecule has 0 aromatic carbocycles. The van der Waals surface area contributed by atoms with E-state index in [1.807, 2.05) is 7.05 Å². The summed E-state index contributed by atoms with van der Waals surface area (Å²) in [6.45, 7) is 3.92. The first-order valence-electron chi connectivity index (χ1n) is 3.63. The zero-order valence-corrected chi connectivity index (χ0v) is 6.68. The predicted octanol–water partition coefficient (Wildman–Crippen LogP) is -0.0220. The third kappa shape index (κ3) is 5.56. The van der Waals surface area contributed by atoms with Gasteiger partial charge in [0.2, 0.25) is 6.41 Å². The maximum Gasteiger partial charge on any atom is 0.207 e. The Morgan fingerprint density at radius 3 is 2.80 bits per heavy atom. The van der Waals surface area contributed by atoms with Gasteiger partial charge < -0.3 is 10.6 Å². The van der Waals surface area contributed by atoms with Gasteiger partial charge in [-0.1, -0.05) is 6.92 Å². The van der Waals surface area contributed by atoms with E-state index in [0.29, 0.717) is 5.92 Å². The Balaban J connectivity index is 3.07. The summed E-state index contributed by atoms with van der Waals surface area (Å²) in [5, 5.41) is 5.71. The molecule has 0 bridgehead atoms. The van der Waals surface area contributed by atoms with Gasteiger partial charge in [-0.2, -0.15) is 0 Å². The first-order valence-corrected chi connectivity index (χ1v) is 3.63. The van der Waals surface area contributed by atoms with Crippen molar-refractivity contribution in [2.45, 2.75) is 13.3 Å². The molecule has 0 saturated heterocycles. The summed E-state index contributed by atoms with van der Waals surface area (Å²) in [7, 11) is 1.93. The third-order valence-corrected chi connectivity index (χ3v) is 1.44.